The van der Waals surface area contributed by atoms with E-state index in [9.17, 15) is 14.4 Å². The van der Waals surface area contributed by atoms with Crippen molar-refractivity contribution >= 4 is 17.8 Å². The number of carbonyl (C=O) groups is 3. The molecule has 1 rings (SSSR count). The molecule has 102 valence electrons. The molecular weight excluding hydrogens is 238 g/mol. The Bertz CT molecular complexity index is 358. The van der Waals surface area contributed by atoms with E-state index in [4.69, 9.17) is 9.47 Å². The second-order valence-electron chi connectivity index (χ2n) is 5.12. The quantitative estimate of drug-likeness (QED) is 0.693. The van der Waals surface area contributed by atoms with Crippen molar-refractivity contribution in [1.29, 1.82) is 0 Å². The second-order valence-corrected chi connectivity index (χ2v) is 5.12. The zero-order chi connectivity index (χ0) is 13.9. The highest BCUT2D eigenvalue weighted by atomic mass is 16.6. The molecule has 0 N–H and O–H groups in total. The van der Waals surface area contributed by atoms with Crippen molar-refractivity contribution in [3.8, 4) is 0 Å². The molecule has 1 aliphatic heterocycles. The summed E-state index contributed by atoms with van der Waals surface area (Å²) >= 11 is 0. The van der Waals surface area contributed by atoms with Crippen LogP contribution in [-0.2, 0) is 19.1 Å². The van der Waals surface area contributed by atoms with Crippen LogP contribution in [0, 0.1) is 0 Å². The van der Waals surface area contributed by atoms with Crippen LogP contribution in [0.2, 0.25) is 0 Å². The number of nitrogens with zero attached hydrogens (tertiary/aromatic N) is 1. The van der Waals surface area contributed by atoms with Gasteiger partial charge in [0.1, 0.15) is 11.6 Å². The predicted molar refractivity (Wildman–Crippen MR) is 63.0 cm³/mol. The minimum absolute atomic E-state index is 0.00191. The Morgan fingerprint density at radius 2 is 2.00 bits per heavy atom. The van der Waals surface area contributed by atoms with Crippen LogP contribution in [0.3, 0.4) is 0 Å². The number of ketones is 1. The van der Waals surface area contributed by atoms with Crippen LogP contribution >= 0.6 is 0 Å². The number of Topliss-reactive ketones (excluding diaryl/α,β-unsaturated/α-hetero) is 1. The predicted octanol–water partition coefficient (Wildman–Crippen LogP) is 1.13. The van der Waals surface area contributed by atoms with Crippen LogP contribution in [0.1, 0.15) is 34.1 Å². The highest BCUT2D eigenvalue weighted by Crippen LogP contribution is 2.19. The van der Waals surface area contributed by atoms with Crippen molar-refractivity contribution in [3.05, 3.63) is 0 Å². The van der Waals surface area contributed by atoms with E-state index in [0.717, 1.165) is 4.90 Å². The van der Waals surface area contributed by atoms with Gasteiger partial charge < -0.3 is 9.47 Å². The van der Waals surface area contributed by atoms with Gasteiger partial charge in [-0.25, -0.2) is 9.59 Å². The maximum Gasteiger partial charge on any atom is 0.411 e. The zero-order valence-electron chi connectivity index (χ0n) is 11.2. The average Bonchev–Trinajstić information content (AvgIpc) is 2.58. The zero-order valence-corrected chi connectivity index (χ0v) is 11.2. The summed E-state index contributed by atoms with van der Waals surface area (Å²) in [5.41, 5.74) is -0.665. The highest BCUT2D eigenvalue weighted by molar-refractivity contribution is 5.95. The van der Waals surface area contributed by atoms with Gasteiger partial charge in [-0.1, -0.05) is 0 Å². The monoisotopic (exact) mass is 257 g/mol. The SMILES string of the molecule is CCOC(=O)[C@@H]1CC(=O)CN1C(=O)OC(C)(C)C. The van der Waals surface area contributed by atoms with Crippen LogP contribution in [0.5, 0.6) is 0 Å². The van der Waals surface area contributed by atoms with E-state index in [1.54, 1.807) is 27.7 Å². The van der Waals surface area contributed by atoms with Crippen LogP contribution in [0.4, 0.5) is 4.79 Å². The molecular formula is C12H19NO5. The molecule has 0 aliphatic carbocycles. The summed E-state index contributed by atoms with van der Waals surface area (Å²) in [6.07, 6.45) is -0.663. The number of rotatable bonds is 2. The highest BCUT2D eigenvalue weighted by Gasteiger charge is 2.41. The van der Waals surface area contributed by atoms with Crippen LogP contribution in [0.15, 0.2) is 0 Å². The summed E-state index contributed by atoms with van der Waals surface area (Å²) in [5.74, 6) is -0.729. The van der Waals surface area contributed by atoms with E-state index in [-0.39, 0.29) is 25.4 Å². The van der Waals surface area contributed by atoms with Crippen molar-refractivity contribution in [2.24, 2.45) is 0 Å². The normalized spacial score (nSPS) is 19.9. The van der Waals surface area contributed by atoms with E-state index in [1.165, 1.54) is 0 Å². The summed E-state index contributed by atoms with van der Waals surface area (Å²) in [4.78, 5) is 36.0. The summed E-state index contributed by atoms with van der Waals surface area (Å²) in [6.45, 7) is 6.96. The molecule has 0 spiro atoms. The van der Waals surface area contributed by atoms with E-state index >= 15 is 0 Å². The third-order valence-corrected chi connectivity index (χ3v) is 2.33. The molecule has 1 atom stereocenters. The first-order chi connectivity index (χ1) is 8.24. The van der Waals surface area contributed by atoms with Crippen molar-refractivity contribution < 1.29 is 23.9 Å². The van der Waals surface area contributed by atoms with E-state index in [1.807, 2.05) is 0 Å². The third-order valence-electron chi connectivity index (χ3n) is 2.33. The molecule has 0 bridgehead atoms. The fourth-order valence-electron chi connectivity index (χ4n) is 1.65. The maximum absolute atomic E-state index is 11.9. The number of hydrogen-bond donors (Lipinski definition) is 0. The number of esters is 1. The van der Waals surface area contributed by atoms with Gasteiger partial charge in [0.2, 0.25) is 0 Å². The third kappa shape index (κ3) is 3.72. The lowest BCUT2D eigenvalue weighted by atomic mass is 10.2. The number of likely N-dealkylation sites (tertiary alicyclic amines) is 1. The second kappa shape index (κ2) is 5.37. The summed E-state index contributed by atoms with van der Waals surface area (Å²) in [6, 6.07) is -0.854. The Hall–Kier alpha value is -1.59. The molecule has 0 unspecified atom stereocenters. The maximum atomic E-state index is 11.9. The first-order valence-electron chi connectivity index (χ1n) is 5.92. The van der Waals surface area contributed by atoms with Crippen LogP contribution in [0.25, 0.3) is 0 Å². The van der Waals surface area contributed by atoms with Gasteiger partial charge in [-0.15, -0.1) is 0 Å². The van der Waals surface area contributed by atoms with E-state index < -0.39 is 23.7 Å². The molecule has 0 aromatic heterocycles. The topological polar surface area (TPSA) is 72.9 Å². The van der Waals surface area contributed by atoms with Crippen LogP contribution in [-0.4, -0.2) is 47.5 Å². The van der Waals surface area contributed by atoms with E-state index in [2.05, 4.69) is 0 Å². The number of ether oxygens (including phenoxy) is 2. The largest absolute Gasteiger partial charge is 0.464 e. The Kier molecular flexibility index (Phi) is 4.32. The minimum atomic E-state index is -0.854. The summed E-state index contributed by atoms with van der Waals surface area (Å²) in [7, 11) is 0. The molecule has 0 radical (unpaired) electrons. The summed E-state index contributed by atoms with van der Waals surface area (Å²) in [5, 5.41) is 0. The summed E-state index contributed by atoms with van der Waals surface area (Å²) < 4.78 is 10.00. The Labute approximate surface area is 106 Å². The number of amides is 1. The van der Waals surface area contributed by atoms with Gasteiger partial charge in [0.05, 0.1) is 13.2 Å². The molecule has 6 heteroatoms. The molecule has 1 aliphatic rings. The molecule has 1 amide bonds. The van der Waals surface area contributed by atoms with Gasteiger partial charge in [-0.3, -0.25) is 9.69 Å². The molecule has 1 heterocycles. The number of carbonyl (C=O) groups excluding carboxylic acids is 3. The average molecular weight is 257 g/mol. The molecule has 6 nitrogen and oxygen atoms in total. The van der Waals surface area contributed by atoms with Crippen molar-refractivity contribution in [2.45, 2.75) is 45.8 Å². The van der Waals surface area contributed by atoms with Gasteiger partial charge in [-0.2, -0.15) is 0 Å². The standard InChI is InChI=1S/C12H19NO5/c1-5-17-10(15)9-6-8(14)7-13(9)11(16)18-12(2,3)4/h9H,5-7H2,1-4H3/t9-/m0/s1. The molecule has 1 fully saturated rings. The molecule has 18 heavy (non-hydrogen) atoms. The van der Waals surface area contributed by atoms with E-state index in [0.29, 0.717) is 0 Å². The van der Waals surface area contributed by atoms with Gasteiger partial charge in [0.15, 0.2) is 5.78 Å². The lowest BCUT2D eigenvalue weighted by Gasteiger charge is -2.26. The van der Waals surface area contributed by atoms with Crippen molar-refractivity contribution in [2.75, 3.05) is 13.2 Å². The lowest BCUT2D eigenvalue weighted by Crippen LogP contribution is -2.44. The smallest absolute Gasteiger partial charge is 0.411 e. The van der Waals surface area contributed by atoms with Crippen molar-refractivity contribution in [1.82, 2.24) is 4.90 Å². The van der Waals surface area contributed by atoms with Gasteiger partial charge in [0.25, 0.3) is 0 Å². The fourth-order valence-corrected chi connectivity index (χ4v) is 1.65. The van der Waals surface area contributed by atoms with Crippen LogP contribution < -0.4 is 0 Å². The van der Waals surface area contributed by atoms with Crippen molar-refractivity contribution in [3.63, 3.8) is 0 Å². The first-order valence-corrected chi connectivity index (χ1v) is 5.92. The Morgan fingerprint density at radius 3 is 2.50 bits per heavy atom. The molecule has 0 saturated carbocycles. The van der Waals surface area contributed by atoms with Gasteiger partial charge >= 0.3 is 12.1 Å². The Morgan fingerprint density at radius 1 is 1.39 bits per heavy atom. The molecule has 0 aromatic carbocycles. The van der Waals surface area contributed by atoms with Gasteiger partial charge in [0, 0.05) is 6.42 Å². The van der Waals surface area contributed by atoms with Gasteiger partial charge in [-0.05, 0) is 27.7 Å². The number of hydrogen-bond acceptors (Lipinski definition) is 5. The lowest BCUT2D eigenvalue weighted by molar-refractivity contribution is -0.148. The first kappa shape index (κ1) is 14.5. The molecule has 0 aromatic rings. The minimum Gasteiger partial charge on any atom is -0.464 e. The molecule has 1 saturated heterocycles. The Balaban J connectivity index is 2.75. The fraction of sp³-hybridized carbons (Fsp3) is 0.750.